The average molecular weight is 295 g/mol. The number of ketones is 1. The molecule has 104 valence electrons. The average Bonchev–Trinajstić information content (AvgIpc) is 3.14. The summed E-state index contributed by atoms with van der Waals surface area (Å²) in [5.41, 5.74) is 1.02. The number of carbonyl (C=O) groups is 2. The number of H-pyrrole nitrogens is 1. The minimum Gasteiger partial charge on any atom is -0.481 e. The van der Waals surface area contributed by atoms with Crippen molar-refractivity contribution in [3.63, 3.8) is 0 Å². The number of hydrogen-bond donors (Lipinski definition) is 2. The lowest BCUT2D eigenvalue weighted by Crippen LogP contribution is -2.12. The predicted molar refractivity (Wildman–Crippen MR) is 72.1 cm³/mol. The van der Waals surface area contributed by atoms with E-state index in [0.29, 0.717) is 23.0 Å². The molecule has 2 unspecified atom stereocenters. The number of fused-ring (bicyclic) bond motifs is 1. The summed E-state index contributed by atoms with van der Waals surface area (Å²) in [6.07, 6.45) is 0.357. The van der Waals surface area contributed by atoms with Crippen LogP contribution in [0.1, 0.15) is 16.8 Å². The maximum Gasteiger partial charge on any atom is 0.326 e. The predicted octanol–water partition coefficient (Wildman–Crippen LogP) is 1.42. The molecule has 0 amide bonds. The summed E-state index contributed by atoms with van der Waals surface area (Å²) in [5.74, 6) is -2.29. The number of nitrogens with zero attached hydrogens (tertiary/aromatic N) is 1. The van der Waals surface area contributed by atoms with Crippen LogP contribution in [0.5, 0.6) is 0 Å². The largest absolute Gasteiger partial charge is 0.481 e. The van der Waals surface area contributed by atoms with Gasteiger partial charge in [0.05, 0.1) is 22.0 Å². The lowest BCUT2D eigenvalue weighted by atomic mass is 10.1. The molecule has 20 heavy (non-hydrogen) atoms. The summed E-state index contributed by atoms with van der Waals surface area (Å²) in [6.45, 7) is 0. The molecule has 1 aliphatic rings. The van der Waals surface area contributed by atoms with E-state index in [1.165, 1.54) is 10.6 Å². The minimum atomic E-state index is -0.954. The van der Waals surface area contributed by atoms with Crippen LogP contribution in [0.3, 0.4) is 0 Å². The van der Waals surface area contributed by atoms with Gasteiger partial charge in [0, 0.05) is 18.5 Å². The third-order valence-corrected chi connectivity index (χ3v) is 3.99. The summed E-state index contributed by atoms with van der Waals surface area (Å²) >= 11 is 6.06. The van der Waals surface area contributed by atoms with Crippen molar-refractivity contribution in [2.24, 2.45) is 18.9 Å². The van der Waals surface area contributed by atoms with Crippen LogP contribution >= 0.6 is 11.6 Å². The number of aromatic nitrogens is 2. The van der Waals surface area contributed by atoms with E-state index in [1.807, 2.05) is 0 Å². The van der Waals surface area contributed by atoms with E-state index in [-0.39, 0.29) is 16.5 Å². The maximum atomic E-state index is 12.2. The molecule has 0 spiro atoms. The summed E-state index contributed by atoms with van der Waals surface area (Å²) in [6, 6.07) is 3.04. The van der Waals surface area contributed by atoms with Crippen LogP contribution in [-0.2, 0) is 11.8 Å². The standard InChI is InChI=1S/C13H11ClN2O4/c1-16-9-3-5(2-8(14)10(9)15-13(16)20)11(17)6-4-7(6)12(18)19/h2-3,6-7H,4H2,1H3,(H,15,20)(H,18,19). The quantitative estimate of drug-likeness (QED) is 0.838. The number of rotatable bonds is 3. The molecule has 1 aliphatic carbocycles. The number of hydrogen-bond acceptors (Lipinski definition) is 3. The molecule has 1 heterocycles. The summed E-state index contributed by atoms with van der Waals surface area (Å²) in [7, 11) is 1.57. The number of carbonyl (C=O) groups excluding carboxylic acids is 1. The number of carboxylic acids is 1. The van der Waals surface area contributed by atoms with Gasteiger partial charge < -0.3 is 10.1 Å². The second-order valence-corrected chi connectivity index (χ2v) is 5.40. The van der Waals surface area contributed by atoms with Crippen LogP contribution in [0.15, 0.2) is 16.9 Å². The fraction of sp³-hybridized carbons (Fsp3) is 0.308. The van der Waals surface area contributed by atoms with Crippen LogP contribution in [0, 0.1) is 11.8 Å². The van der Waals surface area contributed by atoms with E-state index in [4.69, 9.17) is 16.7 Å². The van der Waals surface area contributed by atoms with E-state index < -0.39 is 17.8 Å². The maximum absolute atomic E-state index is 12.2. The Hall–Kier alpha value is -2.08. The monoisotopic (exact) mass is 294 g/mol. The molecular weight excluding hydrogens is 284 g/mol. The zero-order chi connectivity index (χ0) is 14.6. The highest BCUT2D eigenvalue weighted by Gasteiger charge is 2.48. The van der Waals surface area contributed by atoms with Gasteiger partial charge in [-0.2, -0.15) is 0 Å². The third kappa shape index (κ3) is 1.84. The van der Waals surface area contributed by atoms with Gasteiger partial charge in [-0.3, -0.25) is 14.2 Å². The molecule has 1 saturated carbocycles. The van der Waals surface area contributed by atoms with E-state index in [0.717, 1.165) is 0 Å². The fourth-order valence-corrected chi connectivity index (χ4v) is 2.66. The number of imidazole rings is 1. The molecular formula is C13H11ClN2O4. The smallest absolute Gasteiger partial charge is 0.326 e. The van der Waals surface area contributed by atoms with E-state index in [9.17, 15) is 14.4 Å². The van der Waals surface area contributed by atoms with Gasteiger partial charge in [-0.05, 0) is 18.6 Å². The Balaban J connectivity index is 2.05. The molecule has 0 saturated heterocycles. The van der Waals surface area contributed by atoms with E-state index in [1.54, 1.807) is 13.1 Å². The Labute approximate surface area is 118 Å². The molecule has 2 atom stereocenters. The van der Waals surface area contributed by atoms with Crippen molar-refractivity contribution in [2.45, 2.75) is 6.42 Å². The van der Waals surface area contributed by atoms with Gasteiger partial charge in [0.15, 0.2) is 5.78 Å². The van der Waals surface area contributed by atoms with Gasteiger partial charge in [0.1, 0.15) is 0 Å². The molecule has 2 aromatic rings. The molecule has 0 radical (unpaired) electrons. The SMILES string of the molecule is Cn1c(=O)[nH]c2c(Cl)cc(C(=O)C3CC3C(=O)O)cc21. The number of Topliss-reactive ketones (excluding diaryl/α,β-unsaturated/α-hetero) is 1. The van der Waals surface area contributed by atoms with Crippen LogP contribution in [0.2, 0.25) is 5.02 Å². The van der Waals surface area contributed by atoms with Crippen molar-refractivity contribution < 1.29 is 14.7 Å². The molecule has 3 rings (SSSR count). The molecule has 0 aliphatic heterocycles. The Morgan fingerprint density at radius 3 is 2.70 bits per heavy atom. The zero-order valence-corrected chi connectivity index (χ0v) is 11.3. The summed E-state index contributed by atoms with van der Waals surface area (Å²) in [4.78, 5) is 37.2. The Morgan fingerprint density at radius 2 is 2.10 bits per heavy atom. The van der Waals surface area contributed by atoms with Crippen LogP contribution in [-0.4, -0.2) is 26.4 Å². The third-order valence-electron chi connectivity index (χ3n) is 3.70. The highest BCUT2D eigenvalue weighted by molar-refractivity contribution is 6.35. The number of aromatic amines is 1. The van der Waals surface area contributed by atoms with Crippen LogP contribution in [0.4, 0.5) is 0 Å². The highest BCUT2D eigenvalue weighted by atomic mass is 35.5. The minimum absolute atomic E-state index is 0.241. The van der Waals surface area contributed by atoms with Crippen molar-refractivity contribution in [3.8, 4) is 0 Å². The molecule has 6 nitrogen and oxygen atoms in total. The molecule has 0 bridgehead atoms. The van der Waals surface area contributed by atoms with Crippen molar-refractivity contribution in [1.29, 1.82) is 0 Å². The Bertz CT molecular complexity index is 805. The summed E-state index contributed by atoms with van der Waals surface area (Å²) in [5, 5.41) is 9.14. The van der Waals surface area contributed by atoms with Gasteiger partial charge in [-0.1, -0.05) is 11.6 Å². The lowest BCUT2D eigenvalue weighted by Gasteiger charge is -2.03. The van der Waals surface area contributed by atoms with Crippen molar-refractivity contribution >= 4 is 34.4 Å². The number of carboxylic acid groups (broad SMARTS) is 1. The van der Waals surface area contributed by atoms with Gasteiger partial charge in [-0.25, -0.2) is 4.79 Å². The molecule has 2 N–H and O–H groups in total. The second kappa shape index (κ2) is 4.21. The second-order valence-electron chi connectivity index (χ2n) is 4.99. The topological polar surface area (TPSA) is 92.2 Å². The first-order chi connectivity index (χ1) is 9.40. The van der Waals surface area contributed by atoms with Gasteiger partial charge >= 0.3 is 11.7 Å². The number of benzene rings is 1. The van der Waals surface area contributed by atoms with Crippen LogP contribution in [0.25, 0.3) is 11.0 Å². The first kappa shape index (κ1) is 12.9. The fourth-order valence-electron chi connectivity index (χ4n) is 2.39. The molecule has 1 fully saturated rings. The number of aryl methyl sites for hydroxylation is 1. The van der Waals surface area contributed by atoms with E-state index in [2.05, 4.69) is 4.98 Å². The van der Waals surface area contributed by atoms with Gasteiger partial charge in [0.25, 0.3) is 0 Å². The van der Waals surface area contributed by atoms with Gasteiger partial charge in [-0.15, -0.1) is 0 Å². The zero-order valence-electron chi connectivity index (χ0n) is 10.5. The highest BCUT2D eigenvalue weighted by Crippen LogP contribution is 2.41. The van der Waals surface area contributed by atoms with Crippen molar-refractivity contribution in [3.05, 3.63) is 33.2 Å². The summed E-state index contributed by atoms with van der Waals surface area (Å²) < 4.78 is 1.36. The van der Waals surface area contributed by atoms with E-state index >= 15 is 0 Å². The van der Waals surface area contributed by atoms with Crippen molar-refractivity contribution in [1.82, 2.24) is 9.55 Å². The lowest BCUT2D eigenvalue weighted by molar-refractivity contribution is -0.138. The van der Waals surface area contributed by atoms with Crippen LogP contribution < -0.4 is 5.69 Å². The molecule has 1 aromatic heterocycles. The molecule has 7 heteroatoms. The number of halogens is 1. The Kier molecular flexibility index (Phi) is 2.72. The Morgan fingerprint density at radius 1 is 1.40 bits per heavy atom. The molecule has 1 aromatic carbocycles. The first-order valence-electron chi connectivity index (χ1n) is 6.05. The number of aliphatic carboxylic acids is 1. The van der Waals surface area contributed by atoms with Gasteiger partial charge in [0.2, 0.25) is 0 Å². The first-order valence-corrected chi connectivity index (χ1v) is 6.43. The normalized spacial score (nSPS) is 21.1. The van der Waals surface area contributed by atoms with Crippen molar-refractivity contribution in [2.75, 3.05) is 0 Å². The number of nitrogens with one attached hydrogen (secondary N) is 1.